The number of aliphatic hydroxyl groups excluding tert-OH is 3. The molecule has 28 heavy (non-hydrogen) atoms. The van der Waals surface area contributed by atoms with Gasteiger partial charge in [0.05, 0.1) is 13.7 Å². The van der Waals surface area contributed by atoms with Crippen LogP contribution in [0.1, 0.15) is 22.8 Å². The maximum absolute atomic E-state index is 14.0. The van der Waals surface area contributed by atoms with Gasteiger partial charge < -0.3 is 24.8 Å². The molecular weight excluding hydrogens is 394 g/mol. The van der Waals surface area contributed by atoms with Gasteiger partial charge in [-0.3, -0.25) is 0 Å². The van der Waals surface area contributed by atoms with Crippen LogP contribution in [0.4, 0.5) is 8.78 Å². The average Bonchev–Trinajstić information content (AvgIpc) is 2.69. The zero-order valence-corrected chi connectivity index (χ0v) is 15.8. The monoisotopic (exact) mass is 414 g/mol. The van der Waals surface area contributed by atoms with Crippen molar-refractivity contribution in [2.45, 2.75) is 36.8 Å². The molecule has 1 aliphatic heterocycles. The lowest BCUT2D eigenvalue weighted by Gasteiger charge is -2.42. The number of hydrogen-bond acceptors (Lipinski definition) is 5. The van der Waals surface area contributed by atoms with Gasteiger partial charge in [-0.15, -0.1) is 0 Å². The highest BCUT2D eigenvalue weighted by molar-refractivity contribution is 6.31. The van der Waals surface area contributed by atoms with E-state index >= 15 is 0 Å². The molecule has 3 N–H and O–H groups in total. The molecule has 8 heteroatoms. The van der Waals surface area contributed by atoms with Gasteiger partial charge in [0, 0.05) is 5.02 Å². The van der Waals surface area contributed by atoms with Gasteiger partial charge in [0.15, 0.2) is 0 Å². The van der Waals surface area contributed by atoms with E-state index in [1.165, 1.54) is 0 Å². The summed E-state index contributed by atoms with van der Waals surface area (Å²) in [7, 11) is 1.57. The Bertz CT molecular complexity index is 811. The first-order chi connectivity index (χ1) is 13.3. The second kappa shape index (κ2) is 8.31. The summed E-state index contributed by atoms with van der Waals surface area (Å²) >= 11 is 6.27. The van der Waals surface area contributed by atoms with Crippen LogP contribution in [0.25, 0.3) is 0 Å². The number of hydrogen-bond donors (Lipinski definition) is 3. The van der Waals surface area contributed by atoms with Crippen LogP contribution >= 0.6 is 11.6 Å². The van der Waals surface area contributed by atoms with E-state index in [0.29, 0.717) is 28.3 Å². The molecule has 4 atom stereocenters. The van der Waals surface area contributed by atoms with Gasteiger partial charge in [-0.25, -0.2) is 8.78 Å². The van der Waals surface area contributed by atoms with Crippen LogP contribution in [-0.2, 0) is 11.2 Å². The topological polar surface area (TPSA) is 79.2 Å². The molecule has 0 spiro atoms. The van der Waals surface area contributed by atoms with Crippen LogP contribution in [0.2, 0.25) is 5.02 Å². The molecule has 1 saturated heterocycles. The maximum Gasteiger partial charge on any atom is 0.303 e. The third-order valence-corrected chi connectivity index (χ3v) is 5.25. The van der Waals surface area contributed by atoms with E-state index in [0.717, 1.165) is 5.56 Å². The number of benzene rings is 2. The molecule has 0 saturated carbocycles. The van der Waals surface area contributed by atoms with Gasteiger partial charge in [-0.1, -0.05) is 35.9 Å². The van der Waals surface area contributed by atoms with Crippen molar-refractivity contribution in [1.29, 1.82) is 0 Å². The first-order valence-electron chi connectivity index (χ1n) is 8.69. The molecule has 2 aromatic carbocycles. The van der Waals surface area contributed by atoms with Gasteiger partial charge >= 0.3 is 5.92 Å². The number of halogens is 3. The van der Waals surface area contributed by atoms with Gasteiger partial charge in [0.2, 0.25) is 0 Å². The molecule has 0 radical (unpaired) electrons. The molecule has 0 amide bonds. The zero-order chi connectivity index (χ0) is 20.5. The van der Waals surface area contributed by atoms with Crippen molar-refractivity contribution in [2.24, 2.45) is 0 Å². The normalized spacial score (nSPS) is 26.8. The first-order valence-corrected chi connectivity index (χ1v) is 9.07. The Morgan fingerprint density at radius 1 is 1.14 bits per heavy atom. The van der Waals surface area contributed by atoms with E-state index in [2.05, 4.69) is 0 Å². The molecule has 152 valence electrons. The highest BCUT2D eigenvalue weighted by Crippen LogP contribution is 2.41. The molecule has 2 aromatic rings. The maximum atomic E-state index is 14.0. The number of alkyl halides is 2. The van der Waals surface area contributed by atoms with E-state index in [1.807, 2.05) is 24.3 Å². The summed E-state index contributed by atoms with van der Waals surface area (Å²) < 4.78 is 38.3. The number of rotatable bonds is 5. The average molecular weight is 415 g/mol. The SMILES string of the molecule is COc1ccc(Cc2cc(C3OC(CO)C(F)(F)C(O)C3O)ccc2Cl)cc1. The van der Waals surface area contributed by atoms with Gasteiger partial charge in [0.1, 0.15) is 30.2 Å². The van der Waals surface area contributed by atoms with Crippen molar-refractivity contribution in [1.82, 2.24) is 0 Å². The Morgan fingerprint density at radius 3 is 2.43 bits per heavy atom. The third-order valence-electron chi connectivity index (χ3n) is 4.89. The zero-order valence-electron chi connectivity index (χ0n) is 15.1. The smallest absolute Gasteiger partial charge is 0.303 e. The lowest BCUT2D eigenvalue weighted by molar-refractivity contribution is -0.296. The predicted molar refractivity (Wildman–Crippen MR) is 98.9 cm³/mol. The Morgan fingerprint density at radius 2 is 1.82 bits per heavy atom. The standard InChI is InChI=1S/C20H21ClF2O5/c1-27-14-5-2-11(3-6-14)8-13-9-12(4-7-15(13)21)18-17(25)19(26)20(22,23)16(10-24)28-18/h2-7,9,16-19,24-26H,8,10H2,1H3. The molecule has 1 heterocycles. The lowest BCUT2D eigenvalue weighted by atomic mass is 9.89. The summed E-state index contributed by atoms with van der Waals surface area (Å²) in [5.74, 6) is -3.05. The van der Waals surface area contributed by atoms with Crippen LogP contribution in [0.3, 0.4) is 0 Å². The van der Waals surface area contributed by atoms with Crippen molar-refractivity contribution in [3.05, 3.63) is 64.2 Å². The lowest BCUT2D eigenvalue weighted by Crippen LogP contribution is -2.59. The molecule has 0 aromatic heterocycles. The van der Waals surface area contributed by atoms with Crippen LogP contribution in [-0.4, -0.2) is 53.3 Å². The van der Waals surface area contributed by atoms with E-state index in [4.69, 9.17) is 21.1 Å². The molecule has 3 rings (SSSR count). The molecule has 4 unspecified atom stereocenters. The minimum absolute atomic E-state index is 0.383. The fourth-order valence-corrected chi connectivity index (χ4v) is 3.43. The fourth-order valence-electron chi connectivity index (χ4n) is 3.24. The Balaban J connectivity index is 1.87. The van der Waals surface area contributed by atoms with Crippen molar-refractivity contribution >= 4 is 11.6 Å². The third kappa shape index (κ3) is 3.99. The van der Waals surface area contributed by atoms with Crippen molar-refractivity contribution in [2.75, 3.05) is 13.7 Å². The predicted octanol–water partition coefficient (Wildman–Crippen LogP) is 2.73. The second-order valence-electron chi connectivity index (χ2n) is 6.71. The highest BCUT2D eigenvalue weighted by Gasteiger charge is 2.57. The van der Waals surface area contributed by atoms with Crippen LogP contribution < -0.4 is 4.74 Å². The van der Waals surface area contributed by atoms with Crippen LogP contribution in [0.15, 0.2) is 42.5 Å². The summed E-state index contributed by atoms with van der Waals surface area (Å²) in [6.45, 7) is -0.987. The Hall–Kier alpha value is -1.77. The largest absolute Gasteiger partial charge is 0.497 e. The summed E-state index contributed by atoms with van der Waals surface area (Å²) in [4.78, 5) is 0. The minimum atomic E-state index is -3.76. The first kappa shape index (κ1) is 21.0. The van der Waals surface area contributed by atoms with E-state index in [1.54, 1.807) is 25.3 Å². The highest BCUT2D eigenvalue weighted by atomic mass is 35.5. The number of ether oxygens (including phenoxy) is 2. The Labute approximate surface area is 166 Å². The minimum Gasteiger partial charge on any atom is -0.497 e. The summed E-state index contributed by atoms with van der Waals surface area (Å²) in [5, 5.41) is 29.7. The van der Waals surface area contributed by atoms with Crippen LogP contribution in [0.5, 0.6) is 5.75 Å². The van der Waals surface area contributed by atoms with Crippen molar-refractivity contribution < 1.29 is 33.6 Å². The molecule has 0 aliphatic carbocycles. The molecular formula is C20H21ClF2O5. The fraction of sp³-hybridized carbons (Fsp3) is 0.400. The molecule has 0 bridgehead atoms. The summed E-state index contributed by atoms with van der Waals surface area (Å²) in [6.07, 6.45) is -6.89. The summed E-state index contributed by atoms with van der Waals surface area (Å²) in [6, 6.07) is 12.1. The number of methoxy groups -OCH3 is 1. The van der Waals surface area contributed by atoms with Gasteiger partial charge in [-0.05, 0) is 41.3 Å². The van der Waals surface area contributed by atoms with E-state index < -0.39 is 36.9 Å². The molecule has 1 fully saturated rings. The van der Waals surface area contributed by atoms with Crippen LogP contribution in [0, 0.1) is 0 Å². The quantitative estimate of drug-likeness (QED) is 0.701. The summed E-state index contributed by atoms with van der Waals surface area (Å²) in [5.41, 5.74) is 2.03. The van der Waals surface area contributed by atoms with Gasteiger partial charge in [0.25, 0.3) is 0 Å². The number of aliphatic hydroxyl groups is 3. The van der Waals surface area contributed by atoms with Crippen molar-refractivity contribution in [3.8, 4) is 5.75 Å². The van der Waals surface area contributed by atoms with Gasteiger partial charge in [-0.2, -0.15) is 0 Å². The van der Waals surface area contributed by atoms with E-state index in [-0.39, 0.29) is 0 Å². The van der Waals surface area contributed by atoms with E-state index in [9.17, 15) is 24.1 Å². The molecule has 1 aliphatic rings. The van der Waals surface area contributed by atoms with Crippen molar-refractivity contribution in [3.63, 3.8) is 0 Å². The second-order valence-corrected chi connectivity index (χ2v) is 7.12. The Kier molecular flexibility index (Phi) is 6.21. The molecule has 5 nitrogen and oxygen atoms in total.